The molecule has 3 aliphatic rings. The van der Waals surface area contributed by atoms with Gasteiger partial charge in [0, 0.05) is 63.8 Å². The summed E-state index contributed by atoms with van der Waals surface area (Å²) >= 11 is 0. The molecule has 1 unspecified atom stereocenters. The van der Waals surface area contributed by atoms with Gasteiger partial charge in [-0.15, -0.1) is 10.2 Å². The highest BCUT2D eigenvalue weighted by atomic mass is 15.3. The molecule has 5 rings (SSSR count). The van der Waals surface area contributed by atoms with Gasteiger partial charge in [-0.1, -0.05) is 12.1 Å². The molecule has 1 aromatic carbocycles. The van der Waals surface area contributed by atoms with Crippen LogP contribution in [0.15, 0.2) is 24.3 Å². The van der Waals surface area contributed by atoms with Crippen LogP contribution in [0.25, 0.3) is 0 Å². The number of nitrogens with zero attached hydrogens (tertiary/aromatic N) is 5. The normalized spacial score (nSPS) is 23.6. The van der Waals surface area contributed by atoms with Crippen molar-refractivity contribution in [2.75, 3.05) is 44.2 Å². The van der Waals surface area contributed by atoms with E-state index in [-0.39, 0.29) is 0 Å². The highest BCUT2D eigenvalue weighted by Crippen LogP contribution is 2.28. The Bertz CT molecular complexity index is 777. The molecule has 0 aliphatic carbocycles. The quantitative estimate of drug-likeness (QED) is 0.883. The molecule has 2 aromatic rings. The highest BCUT2D eigenvalue weighted by molar-refractivity contribution is 5.48. The Hall–Kier alpha value is -1.92. The SMILES string of the molecule is c1cc(N2CCCC2)ccc1CN1CCCC(c2nnc3n2CCNCC3)C1. The number of hydrogen-bond donors (Lipinski definition) is 1. The minimum atomic E-state index is 0.511. The van der Waals surface area contributed by atoms with Crippen molar-refractivity contribution < 1.29 is 0 Å². The number of fused-ring (bicyclic) bond motifs is 1. The van der Waals surface area contributed by atoms with Gasteiger partial charge in [-0.25, -0.2) is 0 Å². The van der Waals surface area contributed by atoms with E-state index in [9.17, 15) is 0 Å². The van der Waals surface area contributed by atoms with Gasteiger partial charge in [0.1, 0.15) is 11.6 Å². The molecule has 0 spiro atoms. The Labute approximate surface area is 167 Å². The fourth-order valence-electron chi connectivity index (χ4n) is 5.05. The molecule has 2 saturated heterocycles. The minimum absolute atomic E-state index is 0.511. The van der Waals surface area contributed by atoms with E-state index in [1.165, 1.54) is 62.4 Å². The van der Waals surface area contributed by atoms with E-state index >= 15 is 0 Å². The Morgan fingerprint density at radius 2 is 1.79 bits per heavy atom. The fourth-order valence-corrected chi connectivity index (χ4v) is 5.05. The number of rotatable bonds is 4. The van der Waals surface area contributed by atoms with E-state index in [0.717, 1.165) is 45.0 Å². The largest absolute Gasteiger partial charge is 0.372 e. The average molecular weight is 381 g/mol. The van der Waals surface area contributed by atoms with Crippen molar-refractivity contribution >= 4 is 5.69 Å². The summed E-state index contributed by atoms with van der Waals surface area (Å²) in [4.78, 5) is 5.11. The van der Waals surface area contributed by atoms with Crippen molar-refractivity contribution in [2.45, 2.75) is 51.1 Å². The predicted octanol–water partition coefficient (Wildman–Crippen LogP) is 2.40. The molecular formula is C22H32N6. The summed E-state index contributed by atoms with van der Waals surface area (Å²) in [5, 5.41) is 12.6. The topological polar surface area (TPSA) is 49.2 Å². The zero-order valence-corrected chi connectivity index (χ0v) is 16.8. The van der Waals surface area contributed by atoms with Crippen LogP contribution >= 0.6 is 0 Å². The third-order valence-corrected chi connectivity index (χ3v) is 6.58. The second kappa shape index (κ2) is 8.21. The van der Waals surface area contributed by atoms with Crippen molar-refractivity contribution in [3.05, 3.63) is 41.5 Å². The summed E-state index contributed by atoms with van der Waals surface area (Å²) in [5.41, 5.74) is 2.81. The number of piperidine rings is 1. The van der Waals surface area contributed by atoms with Crippen molar-refractivity contribution in [1.29, 1.82) is 0 Å². The van der Waals surface area contributed by atoms with Crippen molar-refractivity contribution in [2.24, 2.45) is 0 Å². The first-order chi connectivity index (χ1) is 13.9. The number of likely N-dealkylation sites (tertiary alicyclic amines) is 1. The molecule has 6 nitrogen and oxygen atoms in total. The number of nitrogens with one attached hydrogen (secondary N) is 1. The molecule has 28 heavy (non-hydrogen) atoms. The first-order valence-electron chi connectivity index (χ1n) is 11.1. The van der Waals surface area contributed by atoms with Crippen molar-refractivity contribution in [1.82, 2.24) is 25.0 Å². The van der Waals surface area contributed by atoms with E-state index in [1.54, 1.807) is 0 Å². The lowest BCUT2D eigenvalue weighted by Crippen LogP contribution is -2.35. The zero-order chi connectivity index (χ0) is 18.8. The van der Waals surface area contributed by atoms with Crippen LogP contribution in [0.1, 0.15) is 48.8 Å². The second-order valence-electron chi connectivity index (χ2n) is 8.56. The van der Waals surface area contributed by atoms with Gasteiger partial charge in [-0.05, 0) is 49.9 Å². The molecule has 1 N–H and O–H groups in total. The molecule has 6 heteroatoms. The molecule has 0 bridgehead atoms. The number of anilines is 1. The van der Waals surface area contributed by atoms with Crippen LogP contribution in [0.2, 0.25) is 0 Å². The Balaban J connectivity index is 1.24. The van der Waals surface area contributed by atoms with Crippen LogP contribution in [0.5, 0.6) is 0 Å². The predicted molar refractivity (Wildman–Crippen MR) is 112 cm³/mol. The monoisotopic (exact) mass is 380 g/mol. The van der Waals surface area contributed by atoms with Gasteiger partial charge < -0.3 is 14.8 Å². The lowest BCUT2D eigenvalue weighted by Gasteiger charge is -2.32. The third-order valence-electron chi connectivity index (χ3n) is 6.58. The molecule has 4 heterocycles. The third kappa shape index (κ3) is 3.80. The Kier molecular flexibility index (Phi) is 5.32. The van der Waals surface area contributed by atoms with Gasteiger partial charge in [0.25, 0.3) is 0 Å². The summed E-state index contributed by atoms with van der Waals surface area (Å²) in [6, 6.07) is 9.28. The van der Waals surface area contributed by atoms with Gasteiger partial charge in [0.2, 0.25) is 0 Å². The average Bonchev–Trinajstić information content (AvgIpc) is 3.35. The van der Waals surface area contributed by atoms with E-state index in [2.05, 4.69) is 54.1 Å². The van der Waals surface area contributed by atoms with Gasteiger partial charge >= 0.3 is 0 Å². The lowest BCUT2D eigenvalue weighted by molar-refractivity contribution is 0.194. The van der Waals surface area contributed by atoms with Gasteiger partial charge in [0.05, 0.1) is 0 Å². The van der Waals surface area contributed by atoms with Crippen LogP contribution in [0, 0.1) is 0 Å². The summed E-state index contributed by atoms with van der Waals surface area (Å²) in [5.74, 6) is 2.89. The van der Waals surface area contributed by atoms with Gasteiger partial charge in [0.15, 0.2) is 0 Å². The summed E-state index contributed by atoms with van der Waals surface area (Å²) in [6.45, 7) is 8.80. The van der Waals surface area contributed by atoms with Crippen molar-refractivity contribution in [3.63, 3.8) is 0 Å². The maximum absolute atomic E-state index is 4.61. The molecule has 3 aliphatic heterocycles. The summed E-state index contributed by atoms with van der Waals surface area (Å²) in [7, 11) is 0. The first-order valence-corrected chi connectivity index (χ1v) is 11.1. The van der Waals surface area contributed by atoms with E-state index in [4.69, 9.17) is 0 Å². The number of benzene rings is 1. The minimum Gasteiger partial charge on any atom is -0.372 e. The molecule has 150 valence electrons. The van der Waals surface area contributed by atoms with Crippen LogP contribution in [-0.4, -0.2) is 58.9 Å². The van der Waals surface area contributed by atoms with Crippen LogP contribution in [0.3, 0.4) is 0 Å². The molecule has 0 amide bonds. The molecule has 0 radical (unpaired) electrons. The fraction of sp³-hybridized carbons (Fsp3) is 0.636. The van der Waals surface area contributed by atoms with E-state index in [0.29, 0.717) is 5.92 Å². The van der Waals surface area contributed by atoms with Crippen LogP contribution in [0.4, 0.5) is 5.69 Å². The summed E-state index contributed by atoms with van der Waals surface area (Å²) in [6.07, 6.45) is 6.14. The molecular weight excluding hydrogens is 348 g/mol. The highest BCUT2D eigenvalue weighted by Gasteiger charge is 2.27. The zero-order valence-electron chi connectivity index (χ0n) is 16.8. The maximum atomic E-state index is 4.61. The lowest BCUT2D eigenvalue weighted by atomic mass is 9.96. The summed E-state index contributed by atoms with van der Waals surface area (Å²) < 4.78 is 2.39. The van der Waals surface area contributed by atoms with E-state index < -0.39 is 0 Å². The standard InChI is InChI=1S/C22H32N6/c1-2-14-27(13-1)20-7-5-18(6-8-20)16-26-12-3-4-19(17-26)22-25-24-21-9-10-23-11-15-28(21)22/h5-8,19,23H,1-4,9-17H2. The van der Waals surface area contributed by atoms with E-state index in [1.807, 2.05) is 0 Å². The Morgan fingerprint density at radius 1 is 0.929 bits per heavy atom. The molecule has 2 fully saturated rings. The van der Waals surface area contributed by atoms with Gasteiger partial charge in [-0.2, -0.15) is 0 Å². The Morgan fingerprint density at radius 3 is 2.64 bits per heavy atom. The molecule has 0 saturated carbocycles. The smallest absolute Gasteiger partial charge is 0.137 e. The molecule has 1 atom stereocenters. The number of hydrogen-bond acceptors (Lipinski definition) is 5. The van der Waals surface area contributed by atoms with Crippen molar-refractivity contribution in [3.8, 4) is 0 Å². The van der Waals surface area contributed by atoms with Gasteiger partial charge in [-0.3, -0.25) is 4.90 Å². The maximum Gasteiger partial charge on any atom is 0.137 e. The first kappa shape index (κ1) is 18.1. The molecule has 1 aromatic heterocycles. The number of aromatic nitrogens is 3. The van der Waals surface area contributed by atoms with Crippen LogP contribution < -0.4 is 10.2 Å². The van der Waals surface area contributed by atoms with Crippen LogP contribution in [-0.2, 0) is 19.5 Å². The second-order valence-corrected chi connectivity index (χ2v) is 8.56.